The van der Waals surface area contributed by atoms with Gasteiger partial charge in [-0.05, 0) is 37.5 Å². The summed E-state index contributed by atoms with van der Waals surface area (Å²) in [5.74, 6) is -0.830. The molecule has 1 aromatic carbocycles. The van der Waals surface area contributed by atoms with Crippen molar-refractivity contribution >= 4 is 11.9 Å². The Labute approximate surface area is 117 Å². The summed E-state index contributed by atoms with van der Waals surface area (Å²) in [6.07, 6.45) is 6.95. The van der Waals surface area contributed by atoms with E-state index < -0.39 is 12.6 Å². The number of aliphatic carboxylic acids is 1. The molecule has 1 atom stereocenters. The number of ether oxygens (including phenoxy) is 1. The Morgan fingerprint density at radius 3 is 2.90 bits per heavy atom. The maximum absolute atomic E-state index is 12.1. The van der Waals surface area contributed by atoms with Gasteiger partial charge < -0.3 is 15.2 Å². The van der Waals surface area contributed by atoms with Gasteiger partial charge in [-0.25, -0.2) is 4.79 Å². The standard InChI is InChI=1S/C15H17NO4/c17-14(18)10-20-13-8-4-5-11(9-13)15(19)16-12-6-2-1-3-7-12/h1-2,4-5,8-9,12H,3,6-7,10H2,(H,16,19)(H,17,18). The highest BCUT2D eigenvalue weighted by atomic mass is 16.5. The first-order chi connectivity index (χ1) is 9.65. The van der Waals surface area contributed by atoms with Crippen molar-refractivity contribution < 1.29 is 19.4 Å². The molecule has 0 fully saturated rings. The summed E-state index contributed by atoms with van der Waals surface area (Å²) in [4.78, 5) is 22.5. The molecule has 1 aliphatic carbocycles. The van der Waals surface area contributed by atoms with Gasteiger partial charge >= 0.3 is 5.97 Å². The smallest absolute Gasteiger partial charge is 0.341 e. The second kappa shape index (κ2) is 6.75. The van der Waals surface area contributed by atoms with E-state index in [-0.39, 0.29) is 11.9 Å². The van der Waals surface area contributed by atoms with Crippen LogP contribution in [0.25, 0.3) is 0 Å². The fraction of sp³-hybridized carbons (Fsp3) is 0.333. The third-order valence-electron chi connectivity index (χ3n) is 3.06. The zero-order valence-electron chi connectivity index (χ0n) is 11.0. The SMILES string of the molecule is O=C(O)COc1cccc(C(=O)NC2CC=CCC2)c1. The van der Waals surface area contributed by atoms with Gasteiger partial charge in [0.1, 0.15) is 5.75 Å². The van der Waals surface area contributed by atoms with E-state index in [2.05, 4.69) is 17.5 Å². The third-order valence-corrected chi connectivity index (χ3v) is 3.06. The van der Waals surface area contributed by atoms with Crippen LogP contribution in [0.3, 0.4) is 0 Å². The lowest BCUT2D eigenvalue weighted by atomic mass is 10.0. The topological polar surface area (TPSA) is 75.6 Å². The van der Waals surface area contributed by atoms with Gasteiger partial charge in [0.25, 0.3) is 5.91 Å². The third kappa shape index (κ3) is 4.12. The molecule has 2 rings (SSSR count). The van der Waals surface area contributed by atoms with Gasteiger partial charge in [0, 0.05) is 11.6 Å². The second-order valence-corrected chi connectivity index (χ2v) is 4.67. The van der Waals surface area contributed by atoms with Gasteiger partial charge in [-0.15, -0.1) is 0 Å². The number of carboxylic acids is 1. The number of allylic oxidation sites excluding steroid dienone is 1. The largest absolute Gasteiger partial charge is 0.482 e. The summed E-state index contributed by atoms with van der Waals surface area (Å²) in [5.41, 5.74) is 0.474. The molecule has 0 saturated heterocycles. The van der Waals surface area contributed by atoms with E-state index in [4.69, 9.17) is 9.84 Å². The lowest BCUT2D eigenvalue weighted by Crippen LogP contribution is -2.35. The second-order valence-electron chi connectivity index (χ2n) is 4.67. The maximum atomic E-state index is 12.1. The molecular weight excluding hydrogens is 258 g/mol. The predicted octanol–water partition coefficient (Wildman–Crippen LogP) is 1.99. The zero-order chi connectivity index (χ0) is 14.4. The molecule has 106 valence electrons. The van der Waals surface area contributed by atoms with Crippen LogP contribution in [0, 0.1) is 0 Å². The minimum Gasteiger partial charge on any atom is -0.482 e. The van der Waals surface area contributed by atoms with E-state index in [1.165, 1.54) is 0 Å². The van der Waals surface area contributed by atoms with Crippen LogP contribution in [0.2, 0.25) is 0 Å². The molecule has 0 bridgehead atoms. The normalized spacial score (nSPS) is 17.5. The monoisotopic (exact) mass is 275 g/mol. The first-order valence-electron chi connectivity index (χ1n) is 6.55. The van der Waals surface area contributed by atoms with Crippen LogP contribution in [0.5, 0.6) is 5.75 Å². The molecule has 1 aliphatic rings. The van der Waals surface area contributed by atoms with E-state index in [0.29, 0.717) is 11.3 Å². The molecule has 1 unspecified atom stereocenters. The molecule has 5 heteroatoms. The molecule has 0 spiro atoms. The molecular formula is C15H17NO4. The predicted molar refractivity (Wildman–Crippen MR) is 73.8 cm³/mol. The van der Waals surface area contributed by atoms with E-state index in [9.17, 15) is 9.59 Å². The Balaban J connectivity index is 1.96. The molecule has 1 amide bonds. The molecule has 0 aliphatic heterocycles. The van der Waals surface area contributed by atoms with Crippen molar-refractivity contribution in [2.24, 2.45) is 0 Å². The Kier molecular flexibility index (Phi) is 4.76. The number of rotatable bonds is 5. The van der Waals surface area contributed by atoms with Crippen molar-refractivity contribution in [2.45, 2.75) is 25.3 Å². The number of carbonyl (C=O) groups is 2. The first-order valence-corrected chi connectivity index (χ1v) is 6.55. The first kappa shape index (κ1) is 14.1. The summed E-state index contributed by atoms with van der Waals surface area (Å²) >= 11 is 0. The van der Waals surface area contributed by atoms with Crippen molar-refractivity contribution in [2.75, 3.05) is 6.61 Å². The minimum atomic E-state index is -1.05. The van der Waals surface area contributed by atoms with Gasteiger partial charge in [0.15, 0.2) is 6.61 Å². The Hall–Kier alpha value is -2.30. The van der Waals surface area contributed by atoms with Gasteiger partial charge in [-0.2, -0.15) is 0 Å². The molecule has 0 radical (unpaired) electrons. The van der Waals surface area contributed by atoms with E-state index in [1.807, 2.05) is 0 Å². The lowest BCUT2D eigenvalue weighted by molar-refractivity contribution is -0.139. The van der Waals surface area contributed by atoms with Crippen LogP contribution in [-0.2, 0) is 4.79 Å². The average Bonchev–Trinajstić information content (AvgIpc) is 2.46. The van der Waals surface area contributed by atoms with Crippen LogP contribution < -0.4 is 10.1 Å². The molecule has 2 N–H and O–H groups in total. The van der Waals surface area contributed by atoms with Gasteiger partial charge in [-0.1, -0.05) is 18.2 Å². The summed E-state index contributed by atoms with van der Waals surface area (Å²) < 4.78 is 5.06. The summed E-state index contributed by atoms with van der Waals surface area (Å²) in [6.45, 7) is -0.418. The van der Waals surface area contributed by atoms with Crippen molar-refractivity contribution in [1.82, 2.24) is 5.32 Å². The highest BCUT2D eigenvalue weighted by molar-refractivity contribution is 5.94. The van der Waals surface area contributed by atoms with E-state index >= 15 is 0 Å². The number of hydrogen-bond donors (Lipinski definition) is 2. The van der Waals surface area contributed by atoms with Gasteiger partial charge in [-0.3, -0.25) is 4.79 Å². The van der Waals surface area contributed by atoms with Gasteiger partial charge in [0.05, 0.1) is 0 Å². The fourth-order valence-corrected chi connectivity index (χ4v) is 2.07. The molecule has 0 saturated carbocycles. The van der Waals surface area contributed by atoms with Crippen molar-refractivity contribution in [1.29, 1.82) is 0 Å². The molecule has 5 nitrogen and oxygen atoms in total. The Bertz CT molecular complexity index is 524. The average molecular weight is 275 g/mol. The molecule has 0 heterocycles. The quantitative estimate of drug-likeness (QED) is 0.806. The van der Waals surface area contributed by atoms with Crippen LogP contribution >= 0.6 is 0 Å². The van der Waals surface area contributed by atoms with Crippen LogP contribution in [0.4, 0.5) is 0 Å². The van der Waals surface area contributed by atoms with Crippen molar-refractivity contribution in [3.8, 4) is 5.75 Å². The number of hydrogen-bond acceptors (Lipinski definition) is 3. The van der Waals surface area contributed by atoms with E-state index in [0.717, 1.165) is 19.3 Å². The van der Waals surface area contributed by atoms with Crippen LogP contribution in [-0.4, -0.2) is 29.6 Å². The molecule has 0 aromatic heterocycles. The lowest BCUT2D eigenvalue weighted by Gasteiger charge is -2.19. The van der Waals surface area contributed by atoms with Gasteiger partial charge in [0.2, 0.25) is 0 Å². The number of carbonyl (C=O) groups excluding carboxylic acids is 1. The Morgan fingerprint density at radius 2 is 2.20 bits per heavy atom. The fourth-order valence-electron chi connectivity index (χ4n) is 2.07. The van der Waals surface area contributed by atoms with Crippen LogP contribution in [0.1, 0.15) is 29.6 Å². The molecule has 1 aromatic rings. The highest BCUT2D eigenvalue weighted by Gasteiger charge is 2.14. The van der Waals surface area contributed by atoms with Crippen LogP contribution in [0.15, 0.2) is 36.4 Å². The minimum absolute atomic E-state index is 0.161. The van der Waals surface area contributed by atoms with E-state index in [1.54, 1.807) is 24.3 Å². The number of carboxylic acid groups (broad SMARTS) is 1. The number of nitrogens with one attached hydrogen (secondary N) is 1. The summed E-state index contributed by atoms with van der Waals surface area (Å²) in [6, 6.07) is 6.70. The molecule has 20 heavy (non-hydrogen) atoms. The summed E-state index contributed by atoms with van der Waals surface area (Å²) in [7, 11) is 0. The van der Waals surface area contributed by atoms with Crippen molar-refractivity contribution in [3.05, 3.63) is 42.0 Å². The zero-order valence-corrected chi connectivity index (χ0v) is 11.0. The summed E-state index contributed by atoms with van der Waals surface area (Å²) in [5, 5.41) is 11.5. The van der Waals surface area contributed by atoms with Crippen molar-refractivity contribution in [3.63, 3.8) is 0 Å². The number of benzene rings is 1. The number of amides is 1. The highest BCUT2D eigenvalue weighted by Crippen LogP contribution is 2.15. The Morgan fingerprint density at radius 1 is 1.35 bits per heavy atom. The maximum Gasteiger partial charge on any atom is 0.341 e.